The molecule has 1 aliphatic heterocycles. The number of para-hydroxylation sites is 1. The number of ether oxygens (including phenoxy) is 2. The molecule has 1 saturated heterocycles. The largest absolute Gasteiger partial charge is 0.493 e. The number of methoxy groups -OCH3 is 1. The van der Waals surface area contributed by atoms with E-state index in [9.17, 15) is 5.11 Å². The highest BCUT2D eigenvalue weighted by atomic mass is 16.5. The second kappa shape index (κ2) is 6.46. The lowest BCUT2D eigenvalue weighted by atomic mass is 9.85. The summed E-state index contributed by atoms with van der Waals surface area (Å²) in [5.41, 5.74) is 0.624. The van der Waals surface area contributed by atoms with Crippen LogP contribution in [0.5, 0.6) is 11.5 Å². The van der Waals surface area contributed by atoms with Crippen LogP contribution in [-0.2, 0) is 5.41 Å². The maximum Gasteiger partial charge on any atom is 0.164 e. The summed E-state index contributed by atoms with van der Waals surface area (Å²) < 4.78 is 11.6. The fraction of sp³-hybridized carbons (Fsp3) is 0.625. The molecule has 1 fully saturated rings. The molecule has 2 rings (SSSR count). The Bertz CT molecular complexity index is 439. The third kappa shape index (κ3) is 3.25. The molecule has 1 aliphatic rings. The van der Waals surface area contributed by atoms with E-state index < -0.39 is 0 Å². The summed E-state index contributed by atoms with van der Waals surface area (Å²) in [5, 5.41) is 12.9. The summed E-state index contributed by atoms with van der Waals surface area (Å²) in [6.07, 6.45) is 2.38. The van der Waals surface area contributed by atoms with E-state index in [0.717, 1.165) is 43.0 Å². The first-order chi connectivity index (χ1) is 9.58. The van der Waals surface area contributed by atoms with E-state index in [0.29, 0.717) is 0 Å². The van der Waals surface area contributed by atoms with Gasteiger partial charge >= 0.3 is 0 Å². The van der Waals surface area contributed by atoms with Crippen molar-refractivity contribution in [2.24, 2.45) is 0 Å². The molecule has 0 spiro atoms. The van der Waals surface area contributed by atoms with E-state index in [-0.39, 0.29) is 18.1 Å². The van der Waals surface area contributed by atoms with E-state index in [2.05, 4.69) is 5.32 Å². The van der Waals surface area contributed by atoms with Crippen molar-refractivity contribution in [1.82, 2.24) is 5.32 Å². The summed E-state index contributed by atoms with van der Waals surface area (Å²) in [6, 6.07) is 5.88. The summed E-state index contributed by atoms with van der Waals surface area (Å²) >= 11 is 0. The first-order valence-corrected chi connectivity index (χ1v) is 7.24. The Hall–Kier alpha value is -1.26. The third-order valence-electron chi connectivity index (χ3n) is 3.85. The van der Waals surface area contributed by atoms with Crippen LogP contribution in [0, 0.1) is 0 Å². The molecule has 0 aliphatic carbocycles. The Labute approximate surface area is 121 Å². The summed E-state index contributed by atoms with van der Waals surface area (Å²) in [4.78, 5) is 0. The maximum atomic E-state index is 9.57. The van der Waals surface area contributed by atoms with Crippen molar-refractivity contribution in [2.75, 3.05) is 26.8 Å². The predicted octanol–water partition coefficient (Wildman–Crippen LogP) is 2.10. The van der Waals surface area contributed by atoms with Gasteiger partial charge in [-0.2, -0.15) is 0 Å². The van der Waals surface area contributed by atoms with Crippen molar-refractivity contribution in [1.29, 1.82) is 0 Å². The fourth-order valence-corrected chi connectivity index (χ4v) is 2.54. The van der Waals surface area contributed by atoms with Crippen molar-refractivity contribution in [2.45, 2.75) is 38.2 Å². The van der Waals surface area contributed by atoms with Gasteiger partial charge in [0.05, 0.1) is 13.7 Å². The molecule has 1 aromatic rings. The van der Waals surface area contributed by atoms with Gasteiger partial charge in [-0.25, -0.2) is 0 Å². The van der Waals surface area contributed by atoms with Crippen LogP contribution >= 0.6 is 0 Å². The van der Waals surface area contributed by atoms with Crippen LogP contribution in [0.15, 0.2) is 18.2 Å². The SMILES string of the molecule is COc1c(OC2CCCNC2)cccc1C(C)(C)CO. The Kier molecular flexibility index (Phi) is 4.89. The van der Waals surface area contributed by atoms with E-state index in [1.807, 2.05) is 32.0 Å². The normalized spacial score (nSPS) is 19.7. The molecule has 0 bridgehead atoms. The molecule has 0 aromatic heterocycles. The Morgan fingerprint density at radius 1 is 1.40 bits per heavy atom. The van der Waals surface area contributed by atoms with Gasteiger partial charge in [0, 0.05) is 17.5 Å². The van der Waals surface area contributed by atoms with Crippen LogP contribution in [0.2, 0.25) is 0 Å². The topological polar surface area (TPSA) is 50.7 Å². The molecular formula is C16H25NO3. The number of nitrogens with one attached hydrogen (secondary N) is 1. The lowest BCUT2D eigenvalue weighted by Gasteiger charge is -2.28. The second-order valence-electron chi connectivity index (χ2n) is 5.97. The number of hydrogen-bond donors (Lipinski definition) is 2. The highest BCUT2D eigenvalue weighted by Crippen LogP contribution is 2.39. The zero-order valence-corrected chi connectivity index (χ0v) is 12.6. The van der Waals surface area contributed by atoms with Gasteiger partial charge in [-0.1, -0.05) is 26.0 Å². The average molecular weight is 279 g/mol. The van der Waals surface area contributed by atoms with Gasteiger partial charge in [0.2, 0.25) is 0 Å². The van der Waals surface area contributed by atoms with E-state index >= 15 is 0 Å². The molecule has 2 N–H and O–H groups in total. The Morgan fingerprint density at radius 2 is 2.20 bits per heavy atom. The fourth-order valence-electron chi connectivity index (χ4n) is 2.54. The molecule has 1 atom stereocenters. The van der Waals surface area contributed by atoms with Crippen molar-refractivity contribution in [3.8, 4) is 11.5 Å². The van der Waals surface area contributed by atoms with Gasteiger partial charge < -0.3 is 19.9 Å². The van der Waals surface area contributed by atoms with Crippen molar-refractivity contribution < 1.29 is 14.6 Å². The lowest BCUT2D eigenvalue weighted by molar-refractivity contribution is 0.159. The lowest BCUT2D eigenvalue weighted by Crippen LogP contribution is -2.37. The molecular weight excluding hydrogens is 254 g/mol. The van der Waals surface area contributed by atoms with Crippen LogP contribution in [-0.4, -0.2) is 38.0 Å². The van der Waals surface area contributed by atoms with Gasteiger partial charge in [0.25, 0.3) is 0 Å². The predicted molar refractivity (Wildman–Crippen MR) is 79.6 cm³/mol. The van der Waals surface area contributed by atoms with Crippen molar-refractivity contribution in [3.63, 3.8) is 0 Å². The second-order valence-corrected chi connectivity index (χ2v) is 5.97. The van der Waals surface area contributed by atoms with Crippen LogP contribution in [0.3, 0.4) is 0 Å². The zero-order valence-electron chi connectivity index (χ0n) is 12.6. The minimum atomic E-state index is -0.352. The first kappa shape index (κ1) is 15.1. The minimum absolute atomic E-state index is 0.0673. The standard InChI is InChI=1S/C16H25NO3/c1-16(2,11-18)13-7-4-8-14(15(13)19-3)20-12-6-5-9-17-10-12/h4,7-8,12,17-18H,5-6,9-11H2,1-3H3. The number of hydrogen-bond acceptors (Lipinski definition) is 4. The molecule has 112 valence electrons. The van der Waals surface area contributed by atoms with E-state index in [1.165, 1.54) is 0 Å². The van der Waals surface area contributed by atoms with Gasteiger partial charge in [0.1, 0.15) is 6.10 Å². The highest BCUT2D eigenvalue weighted by molar-refractivity contribution is 5.50. The molecule has 1 heterocycles. The van der Waals surface area contributed by atoms with Crippen LogP contribution in [0.4, 0.5) is 0 Å². The Balaban J connectivity index is 2.26. The summed E-state index contributed by atoms with van der Waals surface area (Å²) in [7, 11) is 1.65. The zero-order chi connectivity index (χ0) is 14.6. The molecule has 0 amide bonds. The Morgan fingerprint density at radius 3 is 2.80 bits per heavy atom. The summed E-state index contributed by atoms with van der Waals surface area (Å²) in [5.74, 6) is 1.50. The smallest absolute Gasteiger partial charge is 0.164 e. The molecule has 4 nitrogen and oxygen atoms in total. The molecule has 0 radical (unpaired) electrons. The van der Waals surface area contributed by atoms with Gasteiger partial charge in [-0.15, -0.1) is 0 Å². The van der Waals surface area contributed by atoms with Gasteiger partial charge in [-0.05, 0) is 25.5 Å². The molecule has 0 saturated carbocycles. The van der Waals surface area contributed by atoms with Crippen LogP contribution in [0.1, 0.15) is 32.3 Å². The van der Waals surface area contributed by atoms with Crippen LogP contribution < -0.4 is 14.8 Å². The minimum Gasteiger partial charge on any atom is -0.493 e. The average Bonchev–Trinajstić information content (AvgIpc) is 2.48. The van der Waals surface area contributed by atoms with Crippen molar-refractivity contribution in [3.05, 3.63) is 23.8 Å². The van der Waals surface area contributed by atoms with Gasteiger partial charge in [-0.3, -0.25) is 0 Å². The number of benzene rings is 1. The van der Waals surface area contributed by atoms with Crippen molar-refractivity contribution >= 4 is 0 Å². The molecule has 4 heteroatoms. The number of piperidine rings is 1. The van der Waals surface area contributed by atoms with Crippen LogP contribution in [0.25, 0.3) is 0 Å². The van der Waals surface area contributed by atoms with Gasteiger partial charge in [0.15, 0.2) is 11.5 Å². The quantitative estimate of drug-likeness (QED) is 0.866. The monoisotopic (exact) mass is 279 g/mol. The number of rotatable bonds is 5. The number of aliphatic hydroxyl groups excluding tert-OH is 1. The summed E-state index contributed by atoms with van der Waals surface area (Å²) in [6.45, 7) is 6.00. The number of aliphatic hydroxyl groups is 1. The maximum absolute atomic E-state index is 9.57. The van der Waals surface area contributed by atoms with E-state index in [4.69, 9.17) is 9.47 Å². The molecule has 20 heavy (non-hydrogen) atoms. The molecule has 1 aromatic carbocycles. The molecule has 1 unspecified atom stereocenters. The first-order valence-electron chi connectivity index (χ1n) is 7.24. The third-order valence-corrected chi connectivity index (χ3v) is 3.85. The highest BCUT2D eigenvalue weighted by Gasteiger charge is 2.26. The van der Waals surface area contributed by atoms with E-state index in [1.54, 1.807) is 7.11 Å².